The number of aliphatic hydroxyl groups is 1. The van der Waals surface area contributed by atoms with Crippen LogP contribution < -0.4 is 4.90 Å². The van der Waals surface area contributed by atoms with E-state index in [0.717, 1.165) is 6.07 Å². The molecule has 6 heteroatoms. The standard InChI is InChI=1S/C16H21F2NO3/c1-15(2,3)22-14(21)19-11-7-9(17)6-10(18)13(11)12(20)8-16(19,4)5/h6-7,12,20H,8H2,1-5H3. The topological polar surface area (TPSA) is 49.8 Å². The number of amides is 1. The van der Waals surface area contributed by atoms with Crippen LogP contribution in [0, 0.1) is 11.6 Å². The summed E-state index contributed by atoms with van der Waals surface area (Å²) in [6.45, 7) is 8.56. The molecule has 0 saturated heterocycles. The van der Waals surface area contributed by atoms with Gasteiger partial charge in [0, 0.05) is 23.6 Å². The van der Waals surface area contributed by atoms with Crippen molar-refractivity contribution in [3.05, 3.63) is 29.3 Å². The first-order valence-electron chi connectivity index (χ1n) is 7.12. The van der Waals surface area contributed by atoms with Gasteiger partial charge in [-0.25, -0.2) is 13.6 Å². The molecule has 1 N–H and O–H groups in total. The number of ether oxygens (including phenoxy) is 1. The minimum atomic E-state index is -1.11. The number of carbonyl (C=O) groups is 1. The van der Waals surface area contributed by atoms with Gasteiger partial charge in [0.15, 0.2) is 0 Å². The van der Waals surface area contributed by atoms with Gasteiger partial charge >= 0.3 is 6.09 Å². The monoisotopic (exact) mass is 313 g/mol. The lowest BCUT2D eigenvalue weighted by atomic mass is 9.85. The molecule has 22 heavy (non-hydrogen) atoms. The molecule has 1 atom stereocenters. The van der Waals surface area contributed by atoms with Gasteiger partial charge in [0.2, 0.25) is 0 Å². The van der Waals surface area contributed by atoms with Crippen molar-refractivity contribution in [3.8, 4) is 0 Å². The van der Waals surface area contributed by atoms with Crippen LogP contribution in [0.2, 0.25) is 0 Å². The zero-order valence-corrected chi connectivity index (χ0v) is 13.4. The van der Waals surface area contributed by atoms with Crippen molar-refractivity contribution in [2.24, 2.45) is 0 Å². The number of hydrogen-bond donors (Lipinski definition) is 1. The molecule has 122 valence electrons. The summed E-state index contributed by atoms with van der Waals surface area (Å²) in [6.07, 6.45) is -1.68. The van der Waals surface area contributed by atoms with E-state index in [1.165, 1.54) is 4.90 Å². The Balaban J connectivity index is 2.57. The largest absolute Gasteiger partial charge is 0.443 e. The average molecular weight is 313 g/mol. The lowest BCUT2D eigenvalue weighted by Crippen LogP contribution is -2.53. The van der Waals surface area contributed by atoms with Gasteiger partial charge in [-0.05, 0) is 40.7 Å². The molecule has 1 aliphatic heterocycles. The van der Waals surface area contributed by atoms with Gasteiger partial charge in [0.05, 0.1) is 11.8 Å². The van der Waals surface area contributed by atoms with Crippen molar-refractivity contribution in [2.45, 2.75) is 58.3 Å². The summed E-state index contributed by atoms with van der Waals surface area (Å²) in [5.74, 6) is -1.68. The van der Waals surface area contributed by atoms with Crippen LogP contribution in [0.5, 0.6) is 0 Å². The highest BCUT2D eigenvalue weighted by Crippen LogP contribution is 2.44. The van der Waals surface area contributed by atoms with Gasteiger partial charge in [0.1, 0.15) is 17.2 Å². The van der Waals surface area contributed by atoms with Gasteiger partial charge in [-0.2, -0.15) is 0 Å². The lowest BCUT2D eigenvalue weighted by molar-refractivity contribution is 0.0494. The molecule has 1 heterocycles. The first-order valence-corrected chi connectivity index (χ1v) is 7.12. The Morgan fingerprint density at radius 3 is 2.50 bits per heavy atom. The molecule has 1 amide bonds. The van der Waals surface area contributed by atoms with Crippen molar-refractivity contribution in [1.29, 1.82) is 0 Å². The van der Waals surface area contributed by atoms with Crippen molar-refractivity contribution in [2.75, 3.05) is 4.90 Å². The Kier molecular flexibility index (Phi) is 3.94. The first kappa shape index (κ1) is 16.7. The number of anilines is 1. The number of nitrogens with zero attached hydrogens (tertiary/aromatic N) is 1. The van der Waals surface area contributed by atoms with Gasteiger partial charge in [0.25, 0.3) is 0 Å². The molecule has 0 radical (unpaired) electrons. The SMILES string of the molecule is CC(C)(C)OC(=O)N1c2cc(F)cc(F)c2C(O)CC1(C)C. The average Bonchev–Trinajstić information content (AvgIpc) is 2.21. The highest BCUT2D eigenvalue weighted by molar-refractivity contribution is 5.91. The second-order valence-electron chi connectivity index (χ2n) is 7.17. The van der Waals surface area contributed by atoms with Crippen LogP contribution in [0.3, 0.4) is 0 Å². The molecule has 1 aromatic carbocycles. The maximum atomic E-state index is 14.0. The number of aliphatic hydroxyl groups excluding tert-OH is 1. The summed E-state index contributed by atoms with van der Waals surface area (Å²) in [7, 11) is 0. The zero-order valence-electron chi connectivity index (χ0n) is 13.4. The number of rotatable bonds is 0. The molecular formula is C16H21F2NO3. The van der Waals surface area contributed by atoms with E-state index in [2.05, 4.69) is 0 Å². The molecule has 1 aliphatic rings. The smallest absolute Gasteiger partial charge is 0.415 e. The van der Waals surface area contributed by atoms with E-state index < -0.39 is 35.0 Å². The summed E-state index contributed by atoms with van der Waals surface area (Å²) in [4.78, 5) is 13.7. The van der Waals surface area contributed by atoms with E-state index in [4.69, 9.17) is 4.74 Å². The van der Waals surface area contributed by atoms with Crippen LogP contribution in [-0.4, -0.2) is 22.3 Å². The molecule has 1 aromatic rings. The quantitative estimate of drug-likeness (QED) is 0.789. The number of halogens is 2. The number of hydrogen-bond acceptors (Lipinski definition) is 3. The molecule has 4 nitrogen and oxygen atoms in total. The maximum absolute atomic E-state index is 14.0. The van der Waals surface area contributed by atoms with Crippen molar-refractivity contribution < 1.29 is 23.4 Å². The van der Waals surface area contributed by atoms with Crippen LogP contribution in [-0.2, 0) is 4.74 Å². The van der Waals surface area contributed by atoms with Gasteiger partial charge in [-0.1, -0.05) is 0 Å². The number of benzene rings is 1. The molecule has 2 rings (SSSR count). The lowest BCUT2D eigenvalue weighted by Gasteiger charge is -2.45. The second-order valence-corrected chi connectivity index (χ2v) is 7.17. The van der Waals surface area contributed by atoms with Crippen molar-refractivity contribution >= 4 is 11.8 Å². The van der Waals surface area contributed by atoms with E-state index >= 15 is 0 Å². The molecular weight excluding hydrogens is 292 g/mol. The third kappa shape index (κ3) is 3.06. The number of carbonyl (C=O) groups excluding carboxylic acids is 1. The Labute approximate surface area is 128 Å². The molecule has 0 fully saturated rings. The van der Waals surface area contributed by atoms with E-state index in [1.54, 1.807) is 34.6 Å². The Hall–Kier alpha value is -1.69. The third-order valence-corrected chi connectivity index (χ3v) is 3.52. The van der Waals surface area contributed by atoms with Crippen molar-refractivity contribution in [1.82, 2.24) is 0 Å². The minimum Gasteiger partial charge on any atom is -0.443 e. The van der Waals surface area contributed by atoms with Gasteiger partial charge in [-0.15, -0.1) is 0 Å². The van der Waals surface area contributed by atoms with Crippen LogP contribution in [0.1, 0.15) is 52.7 Å². The zero-order chi connectivity index (χ0) is 16.9. The minimum absolute atomic E-state index is 0.00972. The van der Waals surface area contributed by atoms with E-state index in [0.29, 0.717) is 6.07 Å². The highest BCUT2D eigenvalue weighted by Gasteiger charge is 2.44. The molecule has 0 spiro atoms. The van der Waals surface area contributed by atoms with Crippen LogP contribution in [0.15, 0.2) is 12.1 Å². The van der Waals surface area contributed by atoms with Crippen LogP contribution >= 0.6 is 0 Å². The fraction of sp³-hybridized carbons (Fsp3) is 0.562. The molecule has 0 bridgehead atoms. The Bertz CT molecular complexity index is 608. The highest BCUT2D eigenvalue weighted by atomic mass is 19.1. The predicted octanol–water partition coefficient (Wildman–Crippen LogP) is 3.92. The molecule has 0 aromatic heterocycles. The molecule has 0 saturated carbocycles. The maximum Gasteiger partial charge on any atom is 0.415 e. The van der Waals surface area contributed by atoms with E-state index in [-0.39, 0.29) is 17.7 Å². The van der Waals surface area contributed by atoms with Gasteiger partial charge < -0.3 is 9.84 Å². The number of fused-ring (bicyclic) bond motifs is 1. The first-order chi connectivity index (χ1) is 9.92. The summed E-state index contributed by atoms with van der Waals surface area (Å²) < 4.78 is 33.0. The Morgan fingerprint density at radius 1 is 1.36 bits per heavy atom. The molecule has 1 unspecified atom stereocenters. The van der Waals surface area contributed by atoms with E-state index in [1.807, 2.05) is 0 Å². The summed E-state index contributed by atoms with van der Waals surface area (Å²) >= 11 is 0. The summed E-state index contributed by atoms with van der Waals surface area (Å²) in [5.41, 5.74) is -1.65. The fourth-order valence-corrected chi connectivity index (χ4v) is 2.73. The third-order valence-electron chi connectivity index (χ3n) is 3.52. The Morgan fingerprint density at radius 2 is 1.95 bits per heavy atom. The normalized spacial score (nSPS) is 20.5. The fourth-order valence-electron chi connectivity index (χ4n) is 2.73. The van der Waals surface area contributed by atoms with Crippen LogP contribution in [0.4, 0.5) is 19.3 Å². The predicted molar refractivity (Wildman–Crippen MR) is 78.7 cm³/mol. The summed E-state index contributed by atoms with van der Waals surface area (Å²) in [6, 6.07) is 1.75. The van der Waals surface area contributed by atoms with Crippen molar-refractivity contribution in [3.63, 3.8) is 0 Å². The van der Waals surface area contributed by atoms with Crippen LogP contribution in [0.25, 0.3) is 0 Å². The van der Waals surface area contributed by atoms with Gasteiger partial charge in [-0.3, -0.25) is 4.90 Å². The molecule has 0 aliphatic carbocycles. The van der Waals surface area contributed by atoms with E-state index in [9.17, 15) is 18.7 Å². The summed E-state index contributed by atoms with van der Waals surface area (Å²) in [5, 5.41) is 10.2. The second kappa shape index (κ2) is 5.19.